The van der Waals surface area contributed by atoms with Crippen LogP contribution in [0.4, 0.5) is 17.8 Å². The van der Waals surface area contributed by atoms with Crippen LogP contribution in [0.1, 0.15) is 80.1 Å². The van der Waals surface area contributed by atoms with Crippen molar-refractivity contribution in [1.29, 1.82) is 0 Å². The van der Waals surface area contributed by atoms with Gasteiger partial charge in [-0.3, -0.25) is 43.5 Å². The lowest BCUT2D eigenvalue weighted by Gasteiger charge is -2.27. The molecule has 1 rings (SSSR count). The van der Waals surface area contributed by atoms with Crippen LogP contribution in [0.5, 0.6) is 0 Å². The molecule has 0 aliphatic heterocycles. The zero-order valence-electron chi connectivity index (χ0n) is 40.5. The van der Waals surface area contributed by atoms with Gasteiger partial charge in [0.25, 0.3) is 0 Å². The summed E-state index contributed by atoms with van der Waals surface area (Å²) >= 11 is 0. The van der Waals surface area contributed by atoms with Crippen molar-refractivity contribution in [1.82, 2.24) is 15.0 Å². The van der Waals surface area contributed by atoms with Gasteiger partial charge in [0, 0.05) is 38.5 Å². The minimum absolute atomic E-state index is 0.0463. The van der Waals surface area contributed by atoms with E-state index in [0.29, 0.717) is 33.4 Å². The first-order chi connectivity index (χ1) is 32.7. The maximum atomic E-state index is 12.1. The minimum Gasteiger partial charge on any atom is -0.294 e. The van der Waals surface area contributed by atoms with Crippen LogP contribution in [0.15, 0.2) is 72.9 Å². The molecule has 0 bridgehead atoms. The van der Waals surface area contributed by atoms with Crippen molar-refractivity contribution >= 4 is 52.5 Å². The van der Waals surface area contributed by atoms with E-state index in [9.17, 15) is 28.8 Å². The third-order valence-electron chi connectivity index (χ3n) is 8.53. The zero-order chi connectivity index (χ0) is 51.7. The topological polar surface area (TPSA) is 262 Å². The second kappa shape index (κ2) is 35.5. The molecule has 1 heterocycles. The third-order valence-corrected chi connectivity index (χ3v) is 8.53. The minimum atomic E-state index is -0.488. The number of rotatable bonds is 45. The Bertz CT molecular complexity index is 1610. The number of carbonyl (C=O) groups excluding carboxylic acids is 6. The molecule has 69 heavy (non-hydrogen) atoms. The van der Waals surface area contributed by atoms with Crippen molar-refractivity contribution < 1.29 is 87.4 Å². The molecule has 0 saturated carbocycles. The van der Waals surface area contributed by atoms with E-state index in [1.54, 1.807) is 41.5 Å². The van der Waals surface area contributed by atoms with Crippen molar-refractivity contribution in [3.05, 3.63) is 72.9 Å². The molecule has 0 saturated heterocycles. The summed E-state index contributed by atoms with van der Waals surface area (Å²) in [5.74, 6) is -2.22. The quantitative estimate of drug-likeness (QED) is 0.0275. The summed E-state index contributed by atoms with van der Waals surface area (Å²) in [6.45, 7) is 27.2. The summed E-state index contributed by atoms with van der Waals surface area (Å²) in [6, 6.07) is 0. The molecule has 0 unspecified atom stereocenters. The highest BCUT2D eigenvalue weighted by molar-refractivity contribution is 5.96. The standard InChI is InChI=1S/C45H66N6O18/c1-31(2)37(52)13-19-58-64-25-49(26-65-59-20-14-38(53)32(3)4)43-46-44(50(27-66-60-21-15-39(54)33(5)6)28-67-61-22-16-40(55)34(7)8)48-45(47-43)51(29-68-62-23-17-41(56)35(9)10)30-69-63-24-18-42(57)36(11)12/h1,3,5,7,9,11,13-30H2,2,4,6,8,10,12H3. The van der Waals surface area contributed by atoms with E-state index in [1.807, 2.05) is 0 Å². The average Bonchev–Trinajstić information content (AvgIpc) is 3.30. The van der Waals surface area contributed by atoms with Gasteiger partial charge < -0.3 is 0 Å². The molecule has 0 fully saturated rings. The number of carbonyl (C=O) groups is 6. The Morgan fingerprint density at radius 1 is 0.304 bits per heavy atom. The Hall–Kier alpha value is -5.61. The summed E-state index contributed by atoms with van der Waals surface area (Å²) in [6.07, 6.45) is -0.278. The van der Waals surface area contributed by atoms with E-state index in [-0.39, 0.29) is 131 Å². The van der Waals surface area contributed by atoms with Gasteiger partial charge in [-0.1, -0.05) is 39.5 Å². The van der Waals surface area contributed by atoms with E-state index in [1.165, 1.54) is 14.7 Å². The fourth-order valence-electron chi connectivity index (χ4n) is 4.27. The van der Waals surface area contributed by atoms with E-state index in [2.05, 4.69) is 54.4 Å². The second-order valence-electron chi connectivity index (χ2n) is 15.0. The number of aromatic nitrogens is 3. The smallest absolute Gasteiger partial charge is 0.235 e. The van der Waals surface area contributed by atoms with Gasteiger partial charge in [0.15, 0.2) is 75.1 Å². The lowest BCUT2D eigenvalue weighted by molar-refractivity contribution is -0.314. The first kappa shape index (κ1) is 61.4. The van der Waals surface area contributed by atoms with E-state index < -0.39 is 40.4 Å². The Morgan fingerprint density at radius 2 is 0.449 bits per heavy atom. The van der Waals surface area contributed by atoms with Crippen molar-refractivity contribution in [2.24, 2.45) is 0 Å². The van der Waals surface area contributed by atoms with Gasteiger partial charge in [-0.2, -0.15) is 15.0 Å². The predicted octanol–water partition coefficient (Wildman–Crippen LogP) is 4.94. The maximum absolute atomic E-state index is 12.1. The highest BCUT2D eigenvalue weighted by Crippen LogP contribution is 2.21. The summed E-state index contributed by atoms with van der Waals surface area (Å²) in [7, 11) is 0. The normalized spacial score (nSPS) is 10.9. The van der Waals surface area contributed by atoms with Crippen LogP contribution in [0, 0.1) is 0 Å². The van der Waals surface area contributed by atoms with Crippen LogP contribution in [0.2, 0.25) is 0 Å². The van der Waals surface area contributed by atoms with Gasteiger partial charge in [-0.15, -0.1) is 0 Å². The largest absolute Gasteiger partial charge is 0.294 e. The first-order valence-corrected chi connectivity index (χ1v) is 21.3. The molecule has 24 heteroatoms. The number of allylic oxidation sites excluding steroid dienone is 6. The molecule has 1 aromatic heterocycles. The molecular formula is C45H66N6O18. The van der Waals surface area contributed by atoms with E-state index >= 15 is 0 Å². The maximum Gasteiger partial charge on any atom is 0.235 e. The second-order valence-corrected chi connectivity index (χ2v) is 15.0. The fourth-order valence-corrected chi connectivity index (χ4v) is 4.27. The molecule has 0 amide bonds. The van der Waals surface area contributed by atoms with Gasteiger partial charge in [0.2, 0.25) is 17.8 Å². The Balaban J connectivity index is 3.81. The predicted molar refractivity (Wildman–Crippen MR) is 245 cm³/mol. The third kappa shape index (κ3) is 27.8. The van der Waals surface area contributed by atoms with Crippen molar-refractivity contribution in [3.8, 4) is 0 Å². The van der Waals surface area contributed by atoms with E-state index in [4.69, 9.17) is 58.7 Å². The summed E-state index contributed by atoms with van der Waals surface area (Å²) < 4.78 is 0. The van der Waals surface area contributed by atoms with Crippen molar-refractivity contribution in [3.63, 3.8) is 0 Å². The molecule has 0 spiro atoms. The molecule has 0 aromatic carbocycles. The van der Waals surface area contributed by atoms with Gasteiger partial charge in [0.1, 0.15) is 0 Å². The summed E-state index contributed by atoms with van der Waals surface area (Å²) in [5.41, 5.74) is 1.94. The SMILES string of the molecule is C=C(C)C(=O)CCOOCN(COOCCC(=O)C(=C)C)c1nc(N(COOCCC(=O)C(=C)C)COOCCC(=O)C(=C)C)nc(N(COOCCC(=O)C(=C)C)COOCCC(=O)C(=C)C)n1. The number of nitrogens with zero attached hydrogens (tertiary/aromatic N) is 6. The molecular weight excluding hydrogens is 913 g/mol. The lowest BCUT2D eigenvalue weighted by atomic mass is 10.2. The molecule has 384 valence electrons. The van der Waals surface area contributed by atoms with Gasteiger partial charge >= 0.3 is 0 Å². The Labute approximate surface area is 401 Å². The number of anilines is 3. The van der Waals surface area contributed by atoms with Crippen LogP contribution < -0.4 is 14.7 Å². The average molecular weight is 979 g/mol. The van der Waals surface area contributed by atoms with Crippen LogP contribution >= 0.6 is 0 Å². The van der Waals surface area contributed by atoms with Gasteiger partial charge in [0.05, 0.1) is 39.6 Å². The number of hydrogen-bond acceptors (Lipinski definition) is 24. The van der Waals surface area contributed by atoms with Crippen LogP contribution in [0.3, 0.4) is 0 Å². The number of ketones is 6. The first-order valence-electron chi connectivity index (χ1n) is 21.3. The Kier molecular flexibility index (Phi) is 31.6. The van der Waals surface area contributed by atoms with Crippen LogP contribution in [-0.4, -0.2) is 130 Å². The monoisotopic (exact) mass is 978 g/mol. The van der Waals surface area contributed by atoms with Crippen molar-refractivity contribution in [2.75, 3.05) is 94.7 Å². The number of hydrogen-bond donors (Lipinski definition) is 0. The summed E-state index contributed by atoms with van der Waals surface area (Å²) in [5, 5.41) is 0. The van der Waals surface area contributed by atoms with Crippen LogP contribution in [0.25, 0.3) is 0 Å². The molecule has 0 radical (unpaired) electrons. The van der Waals surface area contributed by atoms with Crippen molar-refractivity contribution in [2.45, 2.75) is 80.1 Å². The van der Waals surface area contributed by atoms with Gasteiger partial charge in [-0.25, -0.2) is 58.7 Å². The molecule has 0 N–H and O–H groups in total. The molecule has 0 atom stereocenters. The lowest BCUT2D eigenvalue weighted by Crippen LogP contribution is -2.37. The fraction of sp³-hybridized carbons (Fsp3) is 0.533. The van der Waals surface area contributed by atoms with Crippen LogP contribution in [-0.2, 0) is 87.4 Å². The molecule has 0 aliphatic carbocycles. The highest BCUT2D eigenvalue weighted by atomic mass is 17.2. The van der Waals surface area contributed by atoms with E-state index in [0.717, 1.165) is 0 Å². The number of Topliss-reactive ketones (excluding diaryl/α,β-unsaturated/α-hetero) is 6. The highest BCUT2D eigenvalue weighted by Gasteiger charge is 2.24. The molecule has 0 aliphatic rings. The molecule has 1 aromatic rings. The zero-order valence-corrected chi connectivity index (χ0v) is 40.5. The van der Waals surface area contributed by atoms with Gasteiger partial charge in [-0.05, 0) is 75.0 Å². The Morgan fingerprint density at radius 3 is 0.580 bits per heavy atom. The molecule has 24 nitrogen and oxygen atoms in total. The summed E-state index contributed by atoms with van der Waals surface area (Å²) in [4.78, 5) is 154.